The van der Waals surface area contributed by atoms with Crippen LogP contribution in [0.4, 0.5) is 0 Å². The van der Waals surface area contributed by atoms with E-state index in [4.69, 9.17) is 23.7 Å². The summed E-state index contributed by atoms with van der Waals surface area (Å²) in [5, 5.41) is 11.1. The molecule has 7 heteroatoms. The number of aliphatic hydroxyl groups is 1. The highest BCUT2D eigenvalue weighted by Crippen LogP contribution is 2.46. The highest BCUT2D eigenvalue weighted by atomic mass is 16.6. The van der Waals surface area contributed by atoms with E-state index >= 15 is 0 Å². The zero-order valence-corrected chi connectivity index (χ0v) is 22.4. The Balaban J connectivity index is 1.47. The molecule has 2 aromatic carbocycles. The van der Waals surface area contributed by atoms with Crippen molar-refractivity contribution in [2.24, 2.45) is 5.41 Å². The molecule has 2 aliphatic rings. The zero-order chi connectivity index (χ0) is 26.6. The van der Waals surface area contributed by atoms with Crippen molar-refractivity contribution in [1.82, 2.24) is 0 Å². The normalized spacial score (nSPS) is 25.1. The molecule has 0 aromatic heterocycles. The van der Waals surface area contributed by atoms with Crippen molar-refractivity contribution in [3.8, 4) is 11.5 Å². The fourth-order valence-electron chi connectivity index (χ4n) is 5.16. The molecule has 200 valence electrons. The Morgan fingerprint density at radius 2 is 1.62 bits per heavy atom. The van der Waals surface area contributed by atoms with Crippen LogP contribution in [0.25, 0.3) is 0 Å². The lowest BCUT2D eigenvalue weighted by Crippen LogP contribution is -2.59. The van der Waals surface area contributed by atoms with Gasteiger partial charge in [-0.15, -0.1) is 0 Å². The molecule has 0 unspecified atom stereocenters. The van der Waals surface area contributed by atoms with E-state index in [1.807, 2.05) is 48.5 Å². The molecule has 1 aliphatic carbocycles. The molecule has 1 N–H and O–H groups in total. The van der Waals surface area contributed by atoms with Gasteiger partial charge in [0.2, 0.25) is 0 Å². The van der Waals surface area contributed by atoms with Crippen molar-refractivity contribution in [2.75, 3.05) is 27.4 Å². The van der Waals surface area contributed by atoms with Gasteiger partial charge in [-0.05, 0) is 54.0 Å². The van der Waals surface area contributed by atoms with Crippen LogP contribution in [0.2, 0.25) is 0 Å². The Morgan fingerprint density at radius 3 is 2.32 bits per heavy atom. The average Bonchev–Trinajstić information content (AvgIpc) is 2.89. The summed E-state index contributed by atoms with van der Waals surface area (Å²) >= 11 is 0. The number of carbonyl (C=O) groups excluding carboxylic acids is 1. The Labute approximate surface area is 219 Å². The van der Waals surface area contributed by atoms with Crippen LogP contribution in [0.5, 0.6) is 11.5 Å². The first-order valence-corrected chi connectivity index (χ1v) is 12.7. The maximum absolute atomic E-state index is 13.6. The van der Waals surface area contributed by atoms with Gasteiger partial charge in [-0.1, -0.05) is 50.2 Å². The molecule has 1 aliphatic heterocycles. The SMILES string of the molecule is COc1ccc(COCC2=C3C(=O)[C@@H](O)[C@](C)(COCc4ccccc4)O[C@@H]3CCC2(C)C)cc1OC. The van der Waals surface area contributed by atoms with Gasteiger partial charge in [-0.2, -0.15) is 0 Å². The van der Waals surface area contributed by atoms with Crippen LogP contribution in [0, 0.1) is 5.41 Å². The summed E-state index contributed by atoms with van der Waals surface area (Å²) in [6.07, 6.45) is -0.160. The third-order valence-electron chi connectivity index (χ3n) is 7.46. The monoisotopic (exact) mass is 510 g/mol. The van der Waals surface area contributed by atoms with E-state index in [0.717, 1.165) is 23.1 Å². The number of methoxy groups -OCH3 is 2. The molecular weight excluding hydrogens is 472 g/mol. The number of carbonyl (C=O) groups is 1. The largest absolute Gasteiger partial charge is 0.493 e. The lowest BCUT2D eigenvalue weighted by molar-refractivity contribution is -0.194. The van der Waals surface area contributed by atoms with Gasteiger partial charge in [-0.3, -0.25) is 4.79 Å². The standard InChI is InChI=1S/C30H38O7/c1-29(2)14-13-24-26(22(29)18-35-17-21-11-12-23(33-4)25(15-21)34-5)27(31)28(32)30(3,37-24)19-36-16-20-9-7-6-8-10-20/h6-12,15,24,28,32H,13-14,16-19H2,1-5H3/t24-,28-,30+/m1/s1. The number of hydrogen-bond acceptors (Lipinski definition) is 7. The highest BCUT2D eigenvalue weighted by Gasteiger charge is 2.52. The van der Waals surface area contributed by atoms with Crippen molar-refractivity contribution in [2.45, 2.75) is 64.6 Å². The molecule has 2 aromatic rings. The minimum Gasteiger partial charge on any atom is -0.493 e. The summed E-state index contributed by atoms with van der Waals surface area (Å²) in [6.45, 7) is 7.11. The van der Waals surface area contributed by atoms with Crippen molar-refractivity contribution in [3.63, 3.8) is 0 Å². The summed E-state index contributed by atoms with van der Waals surface area (Å²) in [7, 11) is 3.20. The van der Waals surface area contributed by atoms with Gasteiger partial charge < -0.3 is 28.8 Å². The molecule has 0 radical (unpaired) electrons. The fraction of sp³-hybridized carbons (Fsp3) is 0.500. The first kappa shape index (κ1) is 27.3. The van der Waals surface area contributed by atoms with Crippen LogP contribution in [-0.4, -0.2) is 56.1 Å². The second-order valence-electron chi connectivity index (χ2n) is 10.7. The molecule has 1 fully saturated rings. The third kappa shape index (κ3) is 5.91. The number of ether oxygens (including phenoxy) is 5. The smallest absolute Gasteiger partial charge is 0.192 e. The number of fused-ring (bicyclic) bond motifs is 1. The number of Topliss-reactive ketones (excluding diaryl/α,β-unsaturated/α-hetero) is 1. The fourth-order valence-corrected chi connectivity index (χ4v) is 5.16. The van der Waals surface area contributed by atoms with Gasteiger partial charge >= 0.3 is 0 Å². The number of ketones is 1. The molecule has 1 saturated heterocycles. The first-order valence-electron chi connectivity index (χ1n) is 12.7. The Bertz CT molecular complexity index is 1120. The summed E-state index contributed by atoms with van der Waals surface area (Å²) in [4.78, 5) is 13.6. The molecular formula is C30H38O7. The highest BCUT2D eigenvalue weighted by molar-refractivity contribution is 6.02. The van der Waals surface area contributed by atoms with Gasteiger partial charge in [0.1, 0.15) is 11.7 Å². The number of hydrogen-bond donors (Lipinski definition) is 1. The van der Waals surface area contributed by atoms with Gasteiger partial charge in [0.15, 0.2) is 17.3 Å². The summed E-state index contributed by atoms with van der Waals surface area (Å²) < 4.78 is 29.1. The van der Waals surface area contributed by atoms with Crippen LogP contribution in [-0.2, 0) is 32.2 Å². The van der Waals surface area contributed by atoms with Gasteiger partial charge in [0, 0.05) is 5.57 Å². The van der Waals surface area contributed by atoms with E-state index in [1.165, 1.54) is 0 Å². The van der Waals surface area contributed by atoms with Crippen molar-refractivity contribution < 1.29 is 33.6 Å². The molecule has 1 heterocycles. The predicted octanol–water partition coefficient (Wildman–Crippen LogP) is 4.64. The Hall–Kier alpha value is -2.71. The van der Waals surface area contributed by atoms with E-state index < -0.39 is 17.8 Å². The number of benzene rings is 2. The summed E-state index contributed by atoms with van der Waals surface area (Å²) in [5.74, 6) is 0.998. The molecule has 0 amide bonds. The van der Waals surface area contributed by atoms with E-state index in [-0.39, 0.29) is 24.4 Å². The van der Waals surface area contributed by atoms with Crippen LogP contribution < -0.4 is 9.47 Å². The average molecular weight is 511 g/mol. The maximum atomic E-state index is 13.6. The van der Waals surface area contributed by atoms with Crippen LogP contribution >= 0.6 is 0 Å². The zero-order valence-electron chi connectivity index (χ0n) is 22.4. The topological polar surface area (TPSA) is 83.5 Å². The number of rotatable bonds is 10. The van der Waals surface area contributed by atoms with Gasteiger partial charge in [-0.25, -0.2) is 0 Å². The van der Waals surface area contributed by atoms with E-state index in [0.29, 0.717) is 36.7 Å². The van der Waals surface area contributed by atoms with Crippen LogP contribution in [0.3, 0.4) is 0 Å². The van der Waals surface area contributed by atoms with Crippen molar-refractivity contribution >= 4 is 5.78 Å². The maximum Gasteiger partial charge on any atom is 0.192 e. The van der Waals surface area contributed by atoms with Crippen LogP contribution in [0.15, 0.2) is 59.7 Å². The molecule has 4 rings (SSSR count). The molecule has 0 spiro atoms. The Morgan fingerprint density at radius 1 is 0.919 bits per heavy atom. The lowest BCUT2D eigenvalue weighted by atomic mass is 9.68. The van der Waals surface area contributed by atoms with E-state index in [2.05, 4.69) is 13.8 Å². The second-order valence-corrected chi connectivity index (χ2v) is 10.7. The van der Waals surface area contributed by atoms with Gasteiger partial charge in [0.25, 0.3) is 0 Å². The molecule has 0 bridgehead atoms. The molecule has 7 nitrogen and oxygen atoms in total. The van der Waals surface area contributed by atoms with E-state index in [1.54, 1.807) is 21.1 Å². The minimum atomic E-state index is -1.32. The summed E-state index contributed by atoms with van der Waals surface area (Å²) in [5.41, 5.74) is 2.03. The molecule has 37 heavy (non-hydrogen) atoms. The number of aliphatic hydroxyl groups excluding tert-OH is 1. The van der Waals surface area contributed by atoms with Crippen molar-refractivity contribution in [1.29, 1.82) is 0 Å². The van der Waals surface area contributed by atoms with Gasteiger partial charge in [0.05, 0.1) is 46.8 Å². The van der Waals surface area contributed by atoms with Crippen LogP contribution in [0.1, 0.15) is 44.7 Å². The quantitative estimate of drug-likeness (QED) is 0.499. The summed E-state index contributed by atoms with van der Waals surface area (Å²) in [6, 6.07) is 15.4. The lowest BCUT2D eigenvalue weighted by Gasteiger charge is -2.47. The third-order valence-corrected chi connectivity index (χ3v) is 7.46. The second kappa shape index (κ2) is 11.4. The van der Waals surface area contributed by atoms with E-state index in [9.17, 15) is 9.90 Å². The predicted molar refractivity (Wildman–Crippen MR) is 140 cm³/mol. The van der Waals surface area contributed by atoms with Crippen molar-refractivity contribution in [3.05, 3.63) is 70.8 Å². The Kier molecular flexibility index (Phi) is 8.39. The molecule has 0 saturated carbocycles. The minimum absolute atomic E-state index is 0.118. The molecule has 3 atom stereocenters. The first-order chi connectivity index (χ1) is 17.7.